The van der Waals surface area contributed by atoms with Crippen molar-refractivity contribution in [1.82, 2.24) is 24.9 Å². The molecule has 7 nitrogen and oxygen atoms in total. The van der Waals surface area contributed by atoms with Gasteiger partial charge < -0.3 is 9.32 Å². The highest BCUT2D eigenvalue weighted by Crippen LogP contribution is 2.26. The summed E-state index contributed by atoms with van der Waals surface area (Å²) in [5.41, 5.74) is 2.82. The molecule has 158 valence electrons. The van der Waals surface area contributed by atoms with Gasteiger partial charge in [-0.2, -0.15) is 5.10 Å². The van der Waals surface area contributed by atoms with Crippen LogP contribution in [0.15, 0.2) is 65.1 Å². The van der Waals surface area contributed by atoms with Gasteiger partial charge in [0.25, 0.3) is 5.91 Å². The zero-order chi connectivity index (χ0) is 21.8. The number of hydrogen-bond donors (Lipinski definition) is 0. The number of aryl methyl sites for hydroxylation is 1. The summed E-state index contributed by atoms with van der Waals surface area (Å²) in [5, 5.41) is 13.3. The normalized spacial score (nSPS) is 10.9. The second-order valence-electron chi connectivity index (χ2n) is 7.13. The maximum atomic E-state index is 13.2. The Morgan fingerprint density at radius 1 is 1.10 bits per heavy atom. The molecule has 2 aromatic heterocycles. The largest absolute Gasteiger partial charge is 0.419 e. The van der Waals surface area contributed by atoms with E-state index in [1.54, 1.807) is 21.7 Å². The van der Waals surface area contributed by atoms with Gasteiger partial charge in [0.15, 0.2) is 5.69 Å². The highest BCUT2D eigenvalue weighted by Gasteiger charge is 2.22. The second-order valence-corrected chi connectivity index (χ2v) is 7.53. The Morgan fingerprint density at radius 3 is 2.58 bits per heavy atom. The van der Waals surface area contributed by atoms with E-state index in [0.717, 1.165) is 17.8 Å². The van der Waals surface area contributed by atoms with E-state index in [0.29, 0.717) is 34.6 Å². The Labute approximate surface area is 185 Å². The fraction of sp³-hybridized carbons (Fsp3) is 0.217. The van der Waals surface area contributed by atoms with Crippen LogP contribution in [0.25, 0.3) is 17.1 Å². The Bertz CT molecular complexity index is 1190. The van der Waals surface area contributed by atoms with Crippen molar-refractivity contribution in [3.05, 3.63) is 83.0 Å². The molecule has 0 atom stereocenters. The van der Waals surface area contributed by atoms with Crippen LogP contribution >= 0.6 is 11.6 Å². The van der Waals surface area contributed by atoms with Gasteiger partial charge in [-0.3, -0.25) is 4.79 Å². The van der Waals surface area contributed by atoms with E-state index >= 15 is 0 Å². The summed E-state index contributed by atoms with van der Waals surface area (Å²) in [5.74, 6) is 0.488. The van der Waals surface area contributed by atoms with Gasteiger partial charge in [0, 0.05) is 12.2 Å². The number of halogens is 1. The van der Waals surface area contributed by atoms with Crippen LogP contribution in [0.4, 0.5) is 0 Å². The number of hydrogen-bond acceptors (Lipinski definition) is 5. The molecular formula is C23H22ClN5O2. The lowest BCUT2D eigenvalue weighted by Crippen LogP contribution is -2.31. The lowest BCUT2D eigenvalue weighted by atomic mass is 10.2. The zero-order valence-electron chi connectivity index (χ0n) is 17.3. The molecule has 0 bridgehead atoms. The Balaban J connectivity index is 1.56. The highest BCUT2D eigenvalue weighted by molar-refractivity contribution is 6.33. The number of amides is 1. The Morgan fingerprint density at radius 2 is 1.84 bits per heavy atom. The van der Waals surface area contributed by atoms with Crippen LogP contribution in [-0.4, -0.2) is 37.3 Å². The summed E-state index contributed by atoms with van der Waals surface area (Å²) in [6.07, 6.45) is 0.787. The van der Waals surface area contributed by atoms with Crippen molar-refractivity contribution in [1.29, 1.82) is 0 Å². The fourth-order valence-electron chi connectivity index (χ4n) is 3.32. The lowest BCUT2D eigenvalue weighted by Gasteiger charge is -2.19. The first-order valence-electron chi connectivity index (χ1n) is 10.1. The summed E-state index contributed by atoms with van der Waals surface area (Å²) in [4.78, 5) is 14.9. The number of carbonyl (C=O) groups is 1. The fourth-order valence-corrected chi connectivity index (χ4v) is 3.53. The van der Waals surface area contributed by atoms with Crippen LogP contribution in [0.3, 0.4) is 0 Å². The number of rotatable bonds is 7. The molecule has 0 fully saturated rings. The van der Waals surface area contributed by atoms with Crippen molar-refractivity contribution in [2.45, 2.75) is 26.8 Å². The van der Waals surface area contributed by atoms with Crippen molar-refractivity contribution in [3.63, 3.8) is 0 Å². The quantitative estimate of drug-likeness (QED) is 0.411. The van der Waals surface area contributed by atoms with Crippen LogP contribution in [0.1, 0.15) is 35.4 Å². The molecule has 4 aromatic rings. The van der Waals surface area contributed by atoms with Crippen molar-refractivity contribution < 1.29 is 9.21 Å². The van der Waals surface area contributed by atoms with E-state index in [1.807, 2.05) is 62.4 Å². The van der Waals surface area contributed by atoms with Gasteiger partial charge in [0.1, 0.15) is 0 Å². The Hall–Kier alpha value is -3.45. The van der Waals surface area contributed by atoms with Gasteiger partial charge in [-0.05, 0) is 43.7 Å². The minimum absolute atomic E-state index is 0.183. The van der Waals surface area contributed by atoms with E-state index in [1.165, 1.54) is 0 Å². The average Bonchev–Trinajstić information content (AvgIpc) is 3.40. The highest BCUT2D eigenvalue weighted by atomic mass is 35.5. The first-order chi connectivity index (χ1) is 15.1. The SMILES string of the molecule is CCCN(Cc1nnc(-c2ccccc2Cl)o1)C(=O)c1cc(C)n(-c2ccccc2)n1. The zero-order valence-corrected chi connectivity index (χ0v) is 18.1. The van der Waals surface area contributed by atoms with E-state index in [4.69, 9.17) is 16.0 Å². The molecular weight excluding hydrogens is 414 g/mol. The smallest absolute Gasteiger partial charge is 0.274 e. The van der Waals surface area contributed by atoms with Crippen LogP contribution < -0.4 is 0 Å². The molecule has 8 heteroatoms. The minimum atomic E-state index is -0.183. The third-order valence-corrected chi connectivity index (χ3v) is 5.11. The standard InChI is InChI=1S/C23H22ClN5O2/c1-3-13-28(15-21-25-26-22(31-21)18-11-7-8-12-19(18)24)23(30)20-14-16(2)29(27-20)17-9-5-4-6-10-17/h4-12,14H,3,13,15H2,1-2H3. The van der Waals surface area contributed by atoms with E-state index in [2.05, 4.69) is 15.3 Å². The van der Waals surface area contributed by atoms with Crippen LogP contribution in [0.2, 0.25) is 5.02 Å². The molecule has 0 spiro atoms. The summed E-state index contributed by atoms with van der Waals surface area (Å²) >= 11 is 6.22. The van der Waals surface area contributed by atoms with Crippen LogP contribution in [0, 0.1) is 6.92 Å². The molecule has 0 saturated carbocycles. The van der Waals surface area contributed by atoms with E-state index < -0.39 is 0 Å². The van der Waals surface area contributed by atoms with Crippen LogP contribution in [0.5, 0.6) is 0 Å². The molecule has 2 heterocycles. The first kappa shape index (κ1) is 20.8. The molecule has 0 aliphatic heterocycles. The van der Waals surface area contributed by atoms with E-state index in [9.17, 15) is 4.79 Å². The minimum Gasteiger partial charge on any atom is -0.419 e. The summed E-state index contributed by atoms with van der Waals surface area (Å²) in [6.45, 7) is 4.67. The van der Waals surface area contributed by atoms with Gasteiger partial charge in [0.05, 0.1) is 22.8 Å². The Kier molecular flexibility index (Phi) is 6.13. The number of aromatic nitrogens is 4. The van der Waals surface area contributed by atoms with Gasteiger partial charge in [-0.1, -0.05) is 48.9 Å². The van der Waals surface area contributed by atoms with Gasteiger partial charge in [-0.25, -0.2) is 4.68 Å². The monoisotopic (exact) mass is 435 g/mol. The van der Waals surface area contributed by atoms with Gasteiger partial charge in [-0.15, -0.1) is 10.2 Å². The van der Waals surface area contributed by atoms with Gasteiger partial charge >= 0.3 is 0 Å². The molecule has 31 heavy (non-hydrogen) atoms. The predicted molar refractivity (Wildman–Crippen MR) is 118 cm³/mol. The first-order valence-corrected chi connectivity index (χ1v) is 10.4. The van der Waals surface area contributed by atoms with Crippen molar-refractivity contribution in [2.75, 3.05) is 6.54 Å². The number of carbonyl (C=O) groups excluding carboxylic acids is 1. The maximum Gasteiger partial charge on any atom is 0.274 e. The van der Waals surface area contributed by atoms with E-state index in [-0.39, 0.29) is 12.5 Å². The van der Waals surface area contributed by atoms with Gasteiger partial charge in [0.2, 0.25) is 11.8 Å². The molecule has 0 N–H and O–H groups in total. The van der Waals surface area contributed by atoms with Crippen molar-refractivity contribution in [2.24, 2.45) is 0 Å². The molecule has 2 aromatic carbocycles. The number of para-hydroxylation sites is 1. The summed E-state index contributed by atoms with van der Waals surface area (Å²) in [7, 11) is 0. The molecule has 1 amide bonds. The predicted octanol–water partition coefficient (Wildman–Crippen LogP) is 4.94. The maximum absolute atomic E-state index is 13.2. The summed E-state index contributed by atoms with van der Waals surface area (Å²) < 4.78 is 7.55. The van der Waals surface area contributed by atoms with Crippen LogP contribution in [-0.2, 0) is 6.54 Å². The number of benzene rings is 2. The third-order valence-electron chi connectivity index (χ3n) is 4.79. The van der Waals surface area contributed by atoms with Crippen molar-refractivity contribution in [3.8, 4) is 17.1 Å². The molecule has 0 saturated heterocycles. The summed E-state index contributed by atoms with van der Waals surface area (Å²) in [6, 6.07) is 18.8. The number of nitrogens with zero attached hydrogens (tertiary/aromatic N) is 5. The molecule has 0 aliphatic carbocycles. The third kappa shape index (κ3) is 4.51. The topological polar surface area (TPSA) is 77.0 Å². The molecule has 0 unspecified atom stereocenters. The molecule has 0 radical (unpaired) electrons. The average molecular weight is 436 g/mol. The molecule has 0 aliphatic rings. The lowest BCUT2D eigenvalue weighted by molar-refractivity contribution is 0.0722. The molecule has 4 rings (SSSR count). The second kappa shape index (κ2) is 9.14. The van der Waals surface area contributed by atoms with Crippen molar-refractivity contribution >= 4 is 17.5 Å².